The smallest absolute Gasteiger partial charge is 0.422 e. The normalized spacial score (nSPS) is 18.0. The molecule has 0 bridgehead atoms. The first-order chi connectivity index (χ1) is 16.6. The van der Waals surface area contributed by atoms with E-state index >= 15 is 4.39 Å². The SMILES string of the molecule is C#CC1CCC(c2ccc3c(F)c(C#Cc4cc(F)c(OCC(F)(F)F)c(F)c4)ccc3c2)CC1. The van der Waals surface area contributed by atoms with Crippen LogP contribution in [-0.4, -0.2) is 12.8 Å². The highest BCUT2D eigenvalue weighted by molar-refractivity contribution is 5.85. The summed E-state index contributed by atoms with van der Waals surface area (Å²) >= 11 is 0. The molecule has 35 heavy (non-hydrogen) atoms. The molecule has 0 aliphatic heterocycles. The van der Waals surface area contributed by atoms with Gasteiger partial charge in [0.05, 0.1) is 5.56 Å². The zero-order chi connectivity index (χ0) is 25.2. The number of benzene rings is 3. The van der Waals surface area contributed by atoms with Crippen molar-refractivity contribution in [3.05, 3.63) is 76.6 Å². The highest BCUT2D eigenvalue weighted by Gasteiger charge is 2.30. The molecule has 1 saturated carbocycles. The quantitative estimate of drug-likeness (QED) is 0.275. The average molecular weight is 486 g/mol. The van der Waals surface area contributed by atoms with Gasteiger partial charge in [-0.2, -0.15) is 13.2 Å². The number of alkyl halides is 3. The number of fused-ring (bicyclic) bond motifs is 1. The summed E-state index contributed by atoms with van der Waals surface area (Å²) in [6.45, 7) is -1.83. The van der Waals surface area contributed by atoms with E-state index < -0.39 is 36.0 Å². The number of ether oxygens (including phenoxy) is 1. The Bertz CT molecular complexity index is 1330. The van der Waals surface area contributed by atoms with Crippen LogP contribution in [0, 0.1) is 47.6 Å². The molecule has 0 saturated heterocycles. The second-order valence-electron chi connectivity index (χ2n) is 8.55. The van der Waals surface area contributed by atoms with E-state index in [2.05, 4.69) is 22.5 Å². The second-order valence-corrected chi connectivity index (χ2v) is 8.55. The molecule has 4 rings (SSSR count). The summed E-state index contributed by atoms with van der Waals surface area (Å²) < 4.78 is 84.1. The molecule has 0 amide bonds. The third-order valence-corrected chi connectivity index (χ3v) is 6.13. The molecule has 3 aromatic rings. The van der Waals surface area contributed by atoms with Crippen molar-refractivity contribution in [3.63, 3.8) is 0 Å². The van der Waals surface area contributed by atoms with Gasteiger partial charge in [-0.25, -0.2) is 13.2 Å². The Morgan fingerprint density at radius 2 is 1.57 bits per heavy atom. The summed E-state index contributed by atoms with van der Waals surface area (Å²) in [7, 11) is 0. The standard InChI is InChI=1S/C28H20F6O/c1-2-17-3-6-19(7-4-17)21-11-12-23-22(15-21)10-9-20(26(23)31)8-5-18-13-24(29)27(25(30)14-18)35-16-28(32,33)34/h1,9-15,17,19H,3-4,6-7,16H2. The lowest BCUT2D eigenvalue weighted by molar-refractivity contribution is -0.154. The van der Waals surface area contributed by atoms with Crippen LogP contribution >= 0.6 is 0 Å². The van der Waals surface area contributed by atoms with Gasteiger partial charge in [-0.15, -0.1) is 12.3 Å². The van der Waals surface area contributed by atoms with E-state index in [1.54, 1.807) is 12.1 Å². The van der Waals surface area contributed by atoms with Crippen molar-refractivity contribution < 1.29 is 31.1 Å². The van der Waals surface area contributed by atoms with Crippen LogP contribution in [0.5, 0.6) is 5.75 Å². The minimum absolute atomic E-state index is 0.0259. The molecular formula is C28H20F6O. The maximum atomic E-state index is 15.1. The molecule has 7 heteroatoms. The number of hydrogen-bond acceptors (Lipinski definition) is 1. The molecule has 180 valence electrons. The summed E-state index contributed by atoms with van der Waals surface area (Å²) in [4.78, 5) is 0. The third kappa shape index (κ3) is 5.74. The van der Waals surface area contributed by atoms with Crippen molar-refractivity contribution in [1.82, 2.24) is 0 Å². The van der Waals surface area contributed by atoms with E-state index in [9.17, 15) is 22.0 Å². The zero-order valence-corrected chi connectivity index (χ0v) is 18.5. The Labute approximate surface area is 199 Å². The van der Waals surface area contributed by atoms with Gasteiger partial charge in [0.15, 0.2) is 24.0 Å². The van der Waals surface area contributed by atoms with Crippen molar-refractivity contribution >= 4 is 10.8 Å². The first-order valence-corrected chi connectivity index (χ1v) is 11.0. The first kappa shape index (κ1) is 24.5. The van der Waals surface area contributed by atoms with Crippen LogP contribution in [0.1, 0.15) is 48.3 Å². The summed E-state index contributed by atoms with van der Waals surface area (Å²) in [6.07, 6.45) is 4.69. The van der Waals surface area contributed by atoms with Gasteiger partial charge in [0.1, 0.15) is 5.82 Å². The van der Waals surface area contributed by atoms with Crippen LogP contribution in [0.4, 0.5) is 26.3 Å². The molecular weight excluding hydrogens is 466 g/mol. The van der Waals surface area contributed by atoms with Crippen LogP contribution in [0.3, 0.4) is 0 Å². The fourth-order valence-corrected chi connectivity index (χ4v) is 4.32. The van der Waals surface area contributed by atoms with Crippen LogP contribution in [-0.2, 0) is 0 Å². The molecule has 0 aromatic heterocycles. The highest BCUT2D eigenvalue weighted by atomic mass is 19.4. The van der Waals surface area contributed by atoms with Gasteiger partial charge in [0.25, 0.3) is 0 Å². The van der Waals surface area contributed by atoms with E-state index in [4.69, 9.17) is 6.42 Å². The van der Waals surface area contributed by atoms with Crippen molar-refractivity contribution in [3.8, 4) is 29.9 Å². The van der Waals surface area contributed by atoms with Crippen LogP contribution in [0.25, 0.3) is 10.8 Å². The molecule has 1 fully saturated rings. The van der Waals surface area contributed by atoms with Crippen LogP contribution < -0.4 is 4.74 Å². The van der Waals surface area contributed by atoms with Crippen LogP contribution in [0.15, 0.2) is 42.5 Å². The predicted molar refractivity (Wildman–Crippen MR) is 121 cm³/mol. The minimum atomic E-state index is -4.74. The van der Waals surface area contributed by atoms with Gasteiger partial charge in [-0.3, -0.25) is 0 Å². The lowest BCUT2D eigenvalue weighted by Crippen LogP contribution is -2.20. The Morgan fingerprint density at radius 3 is 2.20 bits per heavy atom. The maximum Gasteiger partial charge on any atom is 0.422 e. The molecule has 0 radical (unpaired) electrons. The van der Waals surface area contributed by atoms with Crippen molar-refractivity contribution in [2.75, 3.05) is 6.61 Å². The van der Waals surface area contributed by atoms with Crippen molar-refractivity contribution in [1.29, 1.82) is 0 Å². The zero-order valence-electron chi connectivity index (χ0n) is 18.5. The summed E-state index contributed by atoms with van der Waals surface area (Å²) in [5.74, 6) is 4.13. The molecule has 0 atom stereocenters. The summed E-state index contributed by atoms with van der Waals surface area (Å²) in [5.41, 5.74) is 0.986. The topological polar surface area (TPSA) is 9.23 Å². The average Bonchev–Trinajstić information content (AvgIpc) is 2.82. The molecule has 1 aliphatic rings. The molecule has 1 nitrogen and oxygen atoms in total. The Kier molecular flexibility index (Phi) is 6.98. The van der Waals surface area contributed by atoms with E-state index in [-0.39, 0.29) is 11.1 Å². The minimum Gasteiger partial charge on any atom is -0.478 e. The van der Waals surface area contributed by atoms with E-state index in [1.165, 1.54) is 6.07 Å². The van der Waals surface area contributed by atoms with Gasteiger partial charge in [-0.1, -0.05) is 36.1 Å². The summed E-state index contributed by atoms with van der Waals surface area (Å²) in [6, 6.07) is 10.2. The Balaban J connectivity index is 1.55. The van der Waals surface area contributed by atoms with E-state index in [0.29, 0.717) is 22.6 Å². The van der Waals surface area contributed by atoms with Crippen LogP contribution in [0.2, 0.25) is 0 Å². The number of rotatable bonds is 3. The lowest BCUT2D eigenvalue weighted by Gasteiger charge is -2.26. The largest absolute Gasteiger partial charge is 0.478 e. The van der Waals surface area contributed by atoms with Gasteiger partial charge in [-0.05, 0) is 60.7 Å². The number of hydrogen-bond donors (Lipinski definition) is 0. The second kappa shape index (κ2) is 9.96. The van der Waals surface area contributed by atoms with Gasteiger partial charge in [0.2, 0.25) is 0 Å². The van der Waals surface area contributed by atoms with Gasteiger partial charge in [0, 0.05) is 16.9 Å². The predicted octanol–water partition coefficient (Wildman–Crippen LogP) is 7.51. The maximum absolute atomic E-state index is 15.1. The van der Waals surface area contributed by atoms with Gasteiger partial charge >= 0.3 is 6.18 Å². The fraction of sp³-hybridized carbons (Fsp3) is 0.286. The van der Waals surface area contributed by atoms with Crippen molar-refractivity contribution in [2.45, 2.75) is 37.8 Å². The van der Waals surface area contributed by atoms with Crippen molar-refractivity contribution in [2.24, 2.45) is 5.92 Å². The lowest BCUT2D eigenvalue weighted by atomic mass is 9.78. The summed E-state index contributed by atoms with van der Waals surface area (Å²) in [5, 5.41) is 1.08. The molecule has 3 aromatic carbocycles. The van der Waals surface area contributed by atoms with E-state index in [1.807, 2.05) is 12.1 Å². The molecule has 0 heterocycles. The number of terminal acetylenes is 1. The molecule has 0 spiro atoms. The molecule has 0 N–H and O–H groups in total. The molecule has 0 unspecified atom stereocenters. The monoisotopic (exact) mass is 486 g/mol. The number of halogens is 6. The highest BCUT2D eigenvalue weighted by Crippen LogP contribution is 2.37. The van der Waals surface area contributed by atoms with E-state index in [0.717, 1.165) is 43.4 Å². The Morgan fingerprint density at radius 1 is 0.886 bits per heavy atom. The fourth-order valence-electron chi connectivity index (χ4n) is 4.32. The first-order valence-electron chi connectivity index (χ1n) is 11.0. The Hall–Kier alpha value is -3.58. The van der Waals surface area contributed by atoms with Gasteiger partial charge < -0.3 is 4.74 Å². The third-order valence-electron chi connectivity index (χ3n) is 6.13. The molecule has 1 aliphatic carbocycles.